The number of rotatable bonds is 6. The zero-order valence-electron chi connectivity index (χ0n) is 12.8. The van der Waals surface area contributed by atoms with E-state index in [1.165, 1.54) is 25.1 Å². The summed E-state index contributed by atoms with van der Waals surface area (Å²) in [5.74, 6) is 3.50. The normalized spacial score (nSPS) is 20.6. The minimum atomic E-state index is 0.360. The third-order valence-electron chi connectivity index (χ3n) is 4.22. The molecule has 4 heteroatoms. The molecular formula is C15H28N4. The van der Waals surface area contributed by atoms with Crippen molar-refractivity contribution in [1.82, 2.24) is 20.1 Å². The first-order chi connectivity index (χ1) is 9.19. The highest BCUT2D eigenvalue weighted by molar-refractivity contribution is 5.08. The van der Waals surface area contributed by atoms with E-state index in [0.29, 0.717) is 17.9 Å². The van der Waals surface area contributed by atoms with Crippen LogP contribution in [0.4, 0.5) is 0 Å². The molecule has 2 heterocycles. The summed E-state index contributed by atoms with van der Waals surface area (Å²) < 4.78 is 2.38. The van der Waals surface area contributed by atoms with E-state index >= 15 is 0 Å². The lowest BCUT2D eigenvalue weighted by Crippen LogP contribution is -2.37. The van der Waals surface area contributed by atoms with Crippen molar-refractivity contribution in [2.24, 2.45) is 5.92 Å². The molecule has 2 rings (SSSR count). The predicted molar refractivity (Wildman–Crippen MR) is 78.2 cm³/mol. The van der Waals surface area contributed by atoms with E-state index in [2.05, 4.69) is 47.8 Å². The van der Waals surface area contributed by atoms with Gasteiger partial charge in [0.05, 0.1) is 6.04 Å². The van der Waals surface area contributed by atoms with Gasteiger partial charge in [-0.3, -0.25) is 0 Å². The summed E-state index contributed by atoms with van der Waals surface area (Å²) in [5, 5.41) is 12.6. The molecule has 1 N–H and O–H groups in total. The summed E-state index contributed by atoms with van der Waals surface area (Å²) in [7, 11) is 0. The van der Waals surface area contributed by atoms with Gasteiger partial charge in [-0.1, -0.05) is 40.5 Å². The van der Waals surface area contributed by atoms with Crippen LogP contribution in [-0.2, 0) is 6.54 Å². The number of nitrogens with zero attached hydrogens (tertiary/aromatic N) is 3. The Balaban J connectivity index is 2.23. The lowest BCUT2D eigenvalue weighted by molar-refractivity contribution is 0.331. The molecule has 0 aliphatic carbocycles. The van der Waals surface area contributed by atoms with Crippen molar-refractivity contribution in [3.8, 4) is 0 Å². The average molecular weight is 264 g/mol. The number of hydrogen-bond donors (Lipinski definition) is 1. The maximum Gasteiger partial charge on any atom is 0.150 e. The number of hydrogen-bond acceptors (Lipinski definition) is 3. The Morgan fingerprint density at radius 2 is 2.11 bits per heavy atom. The van der Waals surface area contributed by atoms with Crippen molar-refractivity contribution in [2.45, 2.75) is 71.9 Å². The first-order valence-corrected chi connectivity index (χ1v) is 7.85. The van der Waals surface area contributed by atoms with E-state index in [-0.39, 0.29) is 0 Å². The van der Waals surface area contributed by atoms with Gasteiger partial charge in [-0.2, -0.15) is 0 Å². The number of unbranched alkanes of at least 4 members (excludes halogenated alkanes) is 1. The SMILES string of the molecule is CCCCC(CC)c1nnc2n1CCNC2C(C)C. The Morgan fingerprint density at radius 3 is 2.74 bits per heavy atom. The van der Waals surface area contributed by atoms with E-state index in [1.54, 1.807) is 0 Å². The molecule has 0 aromatic carbocycles. The van der Waals surface area contributed by atoms with Crippen LogP contribution in [0.2, 0.25) is 0 Å². The van der Waals surface area contributed by atoms with Crippen LogP contribution >= 0.6 is 0 Å². The van der Waals surface area contributed by atoms with Crippen molar-refractivity contribution in [1.29, 1.82) is 0 Å². The summed E-state index contributed by atoms with van der Waals surface area (Å²) in [4.78, 5) is 0. The van der Waals surface area contributed by atoms with E-state index in [4.69, 9.17) is 0 Å². The molecule has 108 valence electrons. The molecule has 2 atom stereocenters. The molecule has 4 nitrogen and oxygen atoms in total. The highest BCUT2D eigenvalue weighted by Gasteiger charge is 2.28. The molecule has 0 amide bonds. The molecule has 0 saturated heterocycles. The first-order valence-electron chi connectivity index (χ1n) is 7.85. The lowest BCUT2D eigenvalue weighted by Gasteiger charge is -2.28. The van der Waals surface area contributed by atoms with Crippen LogP contribution in [0, 0.1) is 5.92 Å². The molecular weight excluding hydrogens is 236 g/mol. The van der Waals surface area contributed by atoms with Gasteiger partial charge in [-0.05, 0) is 18.8 Å². The Hall–Kier alpha value is -0.900. The predicted octanol–water partition coefficient (Wildman–Crippen LogP) is 3.26. The summed E-state index contributed by atoms with van der Waals surface area (Å²) in [6.45, 7) is 11.1. The topological polar surface area (TPSA) is 42.7 Å². The van der Waals surface area contributed by atoms with Crippen LogP contribution in [0.1, 0.15) is 77.0 Å². The van der Waals surface area contributed by atoms with E-state index < -0.39 is 0 Å². The van der Waals surface area contributed by atoms with Crippen LogP contribution in [0.25, 0.3) is 0 Å². The Bertz CT molecular complexity index is 397. The van der Waals surface area contributed by atoms with Gasteiger partial charge in [-0.25, -0.2) is 0 Å². The van der Waals surface area contributed by atoms with Gasteiger partial charge >= 0.3 is 0 Å². The maximum atomic E-state index is 4.53. The zero-order valence-corrected chi connectivity index (χ0v) is 12.8. The average Bonchev–Trinajstić information content (AvgIpc) is 2.83. The summed E-state index contributed by atoms with van der Waals surface area (Å²) in [6, 6.07) is 0.360. The Labute approximate surface area is 117 Å². The lowest BCUT2D eigenvalue weighted by atomic mass is 9.97. The number of fused-ring (bicyclic) bond motifs is 1. The Kier molecular flexibility index (Phi) is 4.97. The second-order valence-corrected chi connectivity index (χ2v) is 5.99. The highest BCUT2D eigenvalue weighted by atomic mass is 15.3. The van der Waals surface area contributed by atoms with Gasteiger partial charge in [0.15, 0.2) is 5.82 Å². The fourth-order valence-electron chi connectivity index (χ4n) is 3.01. The fraction of sp³-hybridized carbons (Fsp3) is 0.867. The van der Waals surface area contributed by atoms with Crippen LogP contribution in [0.15, 0.2) is 0 Å². The van der Waals surface area contributed by atoms with Crippen molar-refractivity contribution >= 4 is 0 Å². The molecule has 1 aromatic rings. The fourth-order valence-corrected chi connectivity index (χ4v) is 3.01. The molecule has 0 saturated carbocycles. The van der Waals surface area contributed by atoms with Crippen molar-refractivity contribution in [3.05, 3.63) is 11.6 Å². The van der Waals surface area contributed by atoms with Crippen LogP contribution < -0.4 is 5.32 Å². The molecule has 0 fully saturated rings. The second-order valence-electron chi connectivity index (χ2n) is 5.99. The van der Waals surface area contributed by atoms with Gasteiger partial charge < -0.3 is 9.88 Å². The quantitative estimate of drug-likeness (QED) is 0.857. The van der Waals surface area contributed by atoms with Crippen LogP contribution in [0.3, 0.4) is 0 Å². The van der Waals surface area contributed by atoms with Gasteiger partial charge in [0, 0.05) is 19.0 Å². The van der Waals surface area contributed by atoms with E-state index in [9.17, 15) is 0 Å². The monoisotopic (exact) mass is 264 g/mol. The van der Waals surface area contributed by atoms with Crippen molar-refractivity contribution in [2.75, 3.05) is 6.54 Å². The van der Waals surface area contributed by atoms with E-state index in [0.717, 1.165) is 25.3 Å². The third-order valence-corrected chi connectivity index (χ3v) is 4.22. The van der Waals surface area contributed by atoms with Crippen molar-refractivity contribution in [3.63, 3.8) is 0 Å². The highest BCUT2D eigenvalue weighted by Crippen LogP contribution is 2.29. The largest absolute Gasteiger partial charge is 0.312 e. The number of aromatic nitrogens is 3. The molecule has 1 aromatic heterocycles. The molecule has 0 spiro atoms. The standard InChI is InChI=1S/C15H28N4/c1-5-7-8-12(6-2)14-17-18-15-13(11(3)4)16-9-10-19(14)15/h11-13,16H,5-10H2,1-4H3. The van der Waals surface area contributed by atoms with Crippen molar-refractivity contribution < 1.29 is 0 Å². The molecule has 0 radical (unpaired) electrons. The minimum absolute atomic E-state index is 0.360. The third kappa shape index (κ3) is 2.99. The summed E-state index contributed by atoms with van der Waals surface area (Å²) >= 11 is 0. The Morgan fingerprint density at radius 1 is 1.32 bits per heavy atom. The number of nitrogens with one attached hydrogen (secondary N) is 1. The van der Waals surface area contributed by atoms with Crippen LogP contribution in [-0.4, -0.2) is 21.3 Å². The first kappa shape index (κ1) is 14.5. The maximum absolute atomic E-state index is 4.53. The van der Waals surface area contributed by atoms with Gasteiger partial charge in [0.25, 0.3) is 0 Å². The van der Waals surface area contributed by atoms with E-state index in [1.807, 2.05) is 0 Å². The summed E-state index contributed by atoms with van der Waals surface area (Å²) in [6.07, 6.45) is 4.95. The molecule has 1 aliphatic rings. The van der Waals surface area contributed by atoms with Gasteiger partial charge in [0.2, 0.25) is 0 Å². The smallest absolute Gasteiger partial charge is 0.150 e. The summed E-state index contributed by atoms with van der Waals surface area (Å²) in [5.41, 5.74) is 0. The zero-order chi connectivity index (χ0) is 13.8. The van der Waals surface area contributed by atoms with Crippen LogP contribution in [0.5, 0.6) is 0 Å². The minimum Gasteiger partial charge on any atom is -0.312 e. The van der Waals surface area contributed by atoms with Gasteiger partial charge in [-0.15, -0.1) is 10.2 Å². The van der Waals surface area contributed by atoms with Gasteiger partial charge in [0.1, 0.15) is 5.82 Å². The molecule has 0 bridgehead atoms. The second kappa shape index (κ2) is 6.51. The molecule has 2 unspecified atom stereocenters. The molecule has 19 heavy (non-hydrogen) atoms. The molecule has 1 aliphatic heterocycles.